The number of hydrogen-bond donors (Lipinski definition) is 9. The number of alkyl halides is 1. The van der Waals surface area contributed by atoms with E-state index < -0.39 is 30.1 Å². The summed E-state index contributed by atoms with van der Waals surface area (Å²) in [5.74, 6) is -1.85. The highest BCUT2D eigenvalue weighted by Gasteiger charge is 2.35. The Kier molecular flexibility index (Phi) is 20.7. The molecule has 3 fully saturated rings. The molecule has 3 saturated heterocycles. The Bertz CT molecular complexity index is 4070. The summed E-state index contributed by atoms with van der Waals surface area (Å²) >= 11 is 0. The molecule has 0 aliphatic carbocycles. The van der Waals surface area contributed by atoms with Gasteiger partial charge >= 0.3 is 0 Å². The van der Waals surface area contributed by atoms with Crippen molar-refractivity contribution in [2.75, 3.05) is 50.2 Å². The molecule has 0 bridgehead atoms. The van der Waals surface area contributed by atoms with Crippen LogP contribution in [0.1, 0.15) is 133 Å². The van der Waals surface area contributed by atoms with Gasteiger partial charge in [-0.2, -0.15) is 15.3 Å². The van der Waals surface area contributed by atoms with Crippen molar-refractivity contribution < 1.29 is 47.4 Å². The van der Waals surface area contributed by atoms with Crippen LogP contribution in [-0.4, -0.2) is 104 Å². The summed E-state index contributed by atoms with van der Waals surface area (Å²) in [6, 6.07) is 43.6. The molecule has 6 heterocycles. The van der Waals surface area contributed by atoms with Crippen LogP contribution in [0.15, 0.2) is 146 Å². The van der Waals surface area contributed by atoms with Crippen LogP contribution < -0.4 is 50.4 Å². The molecule has 486 valence electrons. The number of nitrogen functional groups attached to an aromatic ring is 3. The van der Waals surface area contributed by atoms with Gasteiger partial charge in [0.15, 0.2) is 0 Å². The Morgan fingerprint density at radius 1 is 0.447 bits per heavy atom. The maximum absolute atomic E-state index is 14.1. The van der Waals surface area contributed by atoms with Gasteiger partial charge < -0.3 is 64.6 Å². The van der Waals surface area contributed by atoms with Gasteiger partial charge in [-0.3, -0.25) is 28.8 Å². The monoisotopic (exact) mass is 1280 g/mol. The van der Waals surface area contributed by atoms with Crippen LogP contribution in [-0.2, 0) is 33.8 Å². The number of nitrogens with two attached hydrogens (primary N) is 6. The van der Waals surface area contributed by atoms with Gasteiger partial charge in [0, 0.05) is 66.2 Å². The van der Waals surface area contributed by atoms with Crippen LogP contribution in [0.2, 0.25) is 0 Å². The number of ether oxygens (including phenoxy) is 3. The second-order valence-electron chi connectivity index (χ2n) is 22.9. The second-order valence-corrected chi connectivity index (χ2v) is 22.9. The van der Waals surface area contributed by atoms with E-state index in [1.807, 2.05) is 136 Å². The van der Waals surface area contributed by atoms with Gasteiger partial charge in [-0.25, -0.2) is 18.4 Å². The summed E-state index contributed by atoms with van der Waals surface area (Å²) in [6.07, 6.45) is 0.404. The molecule has 12 rings (SSSR count). The fourth-order valence-corrected chi connectivity index (χ4v) is 11.4. The minimum Gasteiger partial charge on any atom is -0.383 e. The SMILES string of the molecule is Cc1ccccc1C(=O)NCc1ccc(-c2nn([C@@H]3CCOC3)c(N)c2C(N)=O)cc1.Cc1ccccc1C(=O)NCc1ccc(-c2nn([C@H]3CCOC3)c(N)c2C(N)=O)cc1.Cc1ccccc1C(=O)NCc1ccc(-c2nn([C@H]3CCO[C@H]3F)c(N)c2C(N)=O)cc1. The highest BCUT2D eigenvalue weighted by atomic mass is 19.1. The molecule has 3 aliphatic heterocycles. The lowest BCUT2D eigenvalue weighted by molar-refractivity contribution is -0.0130. The van der Waals surface area contributed by atoms with Crippen LogP contribution in [0.3, 0.4) is 0 Å². The van der Waals surface area contributed by atoms with Crippen molar-refractivity contribution in [1.29, 1.82) is 0 Å². The van der Waals surface area contributed by atoms with Crippen molar-refractivity contribution in [1.82, 2.24) is 45.3 Å². The molecule has 25 heteroatoms. The highest BCUT2D eigenvalue weighted by Crippen LogP contribution is 2.36. The molecule has 15 N–H and O–H groups in total. The number of nitrogens with one attached hydrogen (secondary N) is 3. The zero-order valence-electron chi connectivity index (χ0n) is 52.1. The first-order valence-corrected chi connectivity index (χ1v) is 30.5. The maximum atomic E-state index is 14.1. The molecule has 3 aliphatic rings. The summed E-state index contributed by atoms with van der Waals surface area (Å²) < 4.78 is 34.4. The zero-order valence-corrected chi connectivity index (χ0v) is 52.1. The van der Waals surface area contributed by atoms with Gasteiger partial charge in [0.05, 0.1) is 31.9 Å². The van der Waals surface area contributed by atoms with E-state index in [4.69, 9.17) is 48.6 Å². The van der Waals surface area contributed by atoms with E-state index in [0.717, 1.165) is 57.3 Å². The molecule has 24 nitrogen and oxygen atoms in total. The van der Waals surface area contributed by atoms with Crippen molar-refractivity contribution in [3.8, 4) is 33.8 Å². The number of carbonyl (C=O) groups excluding carboxylic acids is 6. The van der Waals surface area contributed by atoms with Crippen molar-refractivity contribution in [3.63, 3.8) is 0 Å². The topological polar surface area (TPSA) is 376 Å². The number of amides is 6. The molecule has 94 heavy (non-hydrogen) atoms. The van der Waals surface area contributed by atoms with E-state index in [-0.39, 0.29) is 76.2 Å². The third-order valence-corrected chi connectivity index (χ3v) is 16.6. The normalized spacial score (nSPS) is 16.5. The highest BCUT2D eigenvalue weighted by molar-refractivity contribution is 6.05. The minimum atomic E-state index is -1.55. The first-order valence-electron chi connectivity index (χ1n) is 30.5. The van der Waals surface area contributed by atoms with Crippen LogP contribution >= 0.6 is 0 Å². The van der Waals surface area contributed by atoms with Gasteiger partial charge in [0.2, 0.25) is 6.36 Å². The van der Waals surface area contributed by atoms with Crippen LogP contribution in [0, 0.1) is 20.8 Å². The number of aryl methyl sites for hydroxylation is 3. The van der Waals surface area contributed by atoms with Gasteiger partial charge in [0.25, 0.3) is 35.4 Å². The third kappa shape index (κ3) is 14.8. The van der Waals surface area contributed by atoms with E-state index in [1.54, 1.807) is 39.7 Å². The number of halogens is 1. The third-order valence-electron chi connectivity index (χ3n) is 16.6. The van der Waals surface area contributed by atoms with E-state index in [1.165, 1.54) is 4.68 Å². The average Bonchev–Trinajstić information content (AvgIpc) is 1.65. The van der Waals surface area contributed by atoms with Crippen LogP contribution in [0.25, 0.3) is 33.8 Å². The van der Waals surface area contributed by atoms with Gasteiger partial charge in [-0.1, -0.05) is 127 Å². The number of anilines is 3. The molecule has 0 spiro atoms. The van der Waals surface area contributed by atoms with Crippen molar-refractivity contribution in [3.05, 3.63) is 212 Å². The number of hydrogen-bond acceptors (Lipinski definition) is 15. The molecule has 4 atom stereocenters. The Hall–Kier alpha value is -11.0. The Labute approximate surface area is 541 Å². The largest absolute Gasteiger partial charge is 0.383 e. The molecule has 3 aromatic heterocycles. The molecule has 9 aromatic rings. The molecule has 6 aromatic carbocycles. The summed E-state index contributed by atoms with van der Waals surface area (Å²) in [6.45, 7) is 9.30. The predicted octanol–water partition coefficient (Wildman–Crippen LogP) is 7.59. The predicted molar refractivity (Wildman–Crippen MR) is 352 cm³/mol. The minimum absolute atomic E-state index is 0.0113. The Balaban J connectivity index is 0.000000154. The number of benzene rings is 6. The van der Waals surface area contributed by atoms with Gasteiger partial charge in [-0.15, -0.1) is 0 Å². The van der Waals surface area contributed by atoms with Crippen molar-refractivity contribution in [2.24, 2.45) is 17.2 Å². The van der Waals surface area contributed by atoms with E-state index in [0.29, 0.717) is 86.1 Å². The summed E-state index contributed by atoms with van der Waals surface area (Å²) in [7, 11) is 0. The fraction of sp³-hybridized carbons (Fsp3) is 0.261. The van der Waals surface area contributed by atoms with E-state index in [2.05, 4.69) is 31.2 Å². The molecular weight excluding hydrogens is 1200 g/mol. The second kappa shape index (κ2) is 29.5. The molecule has 6 amide bonds. The molecule has 0 saturated carbocycles. The summed E-state index contributed by atoms with van der Waals surface area (Å²) in [5.41, 5.74) is 46.3. The lowest BCUT2D eigenvalue weighted by Gasteiger charge is -2.13. The first kappa shape index (κ1) is 65.9. The molecule has 0 unspecified atom stereocenters. The first-order chi connectivity index (χ1) is 45.3. The van der Waals surface area contributed by atoms with Crippen LogP contribution in [0.5, 0.6) is 0 Å². The zero-order chi connectivity index (χ0) is 66.7. The van der Waals surface area contributed by atoms with Crippen LogP contribution in [0.4, 0.5) is 21.8 Å². The van der Waals surface area contributed by atoms with E-state index in [9.17, 15) is 33.2 Å². The fourth-order valence-electron chi connectivity index (χ4n) is 11.4. The van der Waals surface area contributed by atoms with Gasteiger partial charge in [-0.05, 0) is 91.6 Å². The molecule has 0 radical (unpaired) electrons. The number of primary amides is 3. The Morgan fingerprint density at radius 2 is 0.755 bits per heavy atom. The van der Waals surface area contributed by atoms with Crippen molar-refractivity contribution >= 4 is 52.9 Å². The number of aromatic nitrogens is 6. The van der Waals surface area contributed by atoms with E-state index >= 15 is 0 Å². The summed E-state index contributed by atoms with van der Waals surface area (Å²) in [5, 5.41) is 22.3. The summed E-state index contributed by atoms with van der Waals surface area (Å²) in [4.78, 5) is 73.4. The number of nitrogens with zero attached hydrogens (tertiary/aromatic N) is 6. The Morgan fingerprint density at radius 3 is 1.03 bits per heavy atom. The smallest absolute Gasteiger partial charge is 0.254 e. The average molecular weight is 1280 g/mol. The van der Waals surface area contributed by atoms with Gasteiger partial charge in [0.1, 0.15) is 57.3 Å². The number of rotatable bonds is 18. The lowest BCUT2D eigenvalue weighted by atomic mass is 10.0. The standard InChI is InChI=1S/C23H24FN5O3.2C23H25N5O3/c1-13-4-2-3-5-16(13)23(31)27-12-14-6-8-15(9-7-14)19-18(22(26)30)21(25)29(28-19)17-10-11-32-20(17)24;2*1-14-4-2-3-5-18(14)23(30)26-12-15-6-8-16(9-7-15)20-19(22(25)29)21(24)28(27-20)17-10-11-31-13-17/h2-9,17,20H,10-12,25H2,1H3,(H2,26,30)(H,27,31);2*2-9,17H,10-13,24H2,1H3,(H2,25,29)(H,26,30)/t17-,20+;2*17-/m010/s1. The van der Waals surface area contributed by atoms with Crippen molar-refractivity contribution in [2.45, 2.75) is 84.2 Å². The lowest BCUT2D eigenvalue weighted by Crippen LogP contribution is -2.23. The molecular formula is C69H74FN15O9. The number of carbonyl (C=O) groups is 6. The quantitative estimate of drug-likeness (QED) is 0.0399. The maximum Gasteiger partial charge on any atom is 0.254 e.